The second kappa shape index (κ2) is 10.3. The molecule has 3 aromatic carbocycles. The van der Waals surface area contributed by atoms with Crippen LogP contribution in [0.1, 0.15) is 16.7 Å². The molecule has 0 unspecified atom stereocenters. The Balaban J connectivity index is 1.44. The number of rotatable bonds is 8. The van der Waals surface area contributed by atoms with E-state index in [1.54, 1.807) is 24.3 Å². The van der Waals surface area contributed by atoms with Crippen LogP contribution < -0.4 is 14.9 Å². The number of nitrogens with zero attached hydrogens (tertiary/aromatic N) is 2. The van der Waals surface area contributed by atoms with Crippen LogP contribution in [0.2, 0.25) is 0 Å². The Morgan fingerprint density at radius 3 is 2.45 bits per heavy atom. The van der Waals surface area contributed by atoms with Gasteiger partial charge in [0, 0.05) is 0 Å². The third-order valence-corrected chi connectivity index (χ3v) is 3.90. The molecule has 0 atom stereocenters. The smallest absolute Gasteiger partial charge is 0.277 e. The number of para-hydroxylation sites is 1. The zero-order valence-corrected chi connectivity index (χ0v) is 15.6. The van der Waals surface area contributed by atoms with Gasteiger partial charge in [-0.3, -0.25) is 4.79 Å². The normalized spacial score (nSPS) is 10.3. The maximum absolute atomic E-state index is 11.8. The van der Waals surface area contributed by atoms with E-state index in [9.17, 15) is 4.79 Å². The summed E-state index contributed by atoms with van der Waals surface area (Å²) >= 11 is 0. The largest absolute Gasteiger partial charge is 0.489 e. The van der Waals surface area contributed by atoms with E-state index in [2.05, 4.69) is 10.5 Å². The molecule has 0 saturated heterocycles. The van der Waals surface area contributed by atoms with Crippen molar-refractivity contribution in [1.82, 2.24) is 5.43 Å². The van der Waals surface area contributed by atoms with Crippen LogP contribution in [0.15, 0.2) is 84.0 Å². The molecule has 3 aromatic rings. The van der Waals surface area contributed by atoms with E-state index in [1.165, 1.54) is 6.21 Å². The third kappa shape index (κ3) is 6.22. The molecule has 0 heterocycles. The first-order valence-electron chi connectivity index (χ1n) is 8.95. The van der Waals surface area contributed by atoms with Gasteiger partial charge in [-0.05, 0) is 47.5 Å². The summed E-state index contributed by atoms with van der Waals surface area (Å²) in [5.74, 6) is 0.691. The fourth-order valence-corrected chi connectivity index (χ4v) is 2.43. The summed E-state index contributed by atoms with van der Waals surface area (Å²) in [7, 11) is 0. The Hall–Kier alpha value is -4.11. The van der Waals surface area contributed by atoms with Crippen LogP contribution >= 0.6 is 0 Å². The fraction of sp³-hybridized carbons (Fsp3) is 0.0870. The Bertz CT molecular complexity index is 1010. The lowest BCUT2D eigenvalue weighted by Crippen LogP contribution is -2.24. The molecule has 1 N–H and O–H groups in total. The highest BCUT2D eigenvalue weighted by atomic mass is 16.5. The summed E-state index contributed by atoms with van der Waals surface area (Å²) in [5.41, 5.74) is 4.68. The molecule has 1 amide bonds. The first-order chi connectivity index (χ1) is 14.2. The number of nitrogens with one attached hydrogen (secondary N) is 1. The van der Waals surface area contributed by atoms with E-state index in [-0.39, 0.29) is 6.61 Å². The maximum atomic E-state index is 11.8. The summed E-state index contributed by atoms with van der Waals surface area (Å²) in [5, 5.41) is 12.9. The minimum absolute atomic E-state index is 0.234. The molecule has 0 spiro atoms. The molecule has 0 radical (unpaired) electrons. The van der Waals surface area contributed by atoms with E-state index in [0.717, 1.165) is 16.9 Å². The number of ether oxygens (including phenoxy) is 2. The van der Waals surface area contributed by atoms with Gasteiger partial charge in [0.15, 0.2) is 6.61 Å². The summed E-state index contributed by atoms with van der Waals surface area (Å²) in [4.78, 5) is 11.8. The highest BCUT2D eigenvalue weighted by molar-refractivity contribution is 5.83. The molecule has 144 valence electrons. The predicted octanol–water partition coefficient (Wildman–Crippen LogP) is 3.67. The molecule has 6 nitrogen and oxygen atoms in total. The van der Waals surface area contributed by atoms with Gasteiger partial charge in [-0.15, -0.1) is 0 Å². The van der Waals surface area contributed by atoms with Gasteiger partial charge in [-0.25, -0.2) is 5.43 Å². The Labute approximate surface area is 169 Å². The number of nitriles is 1. The molecule has 0 saturated carbocycles. The molecule has 0 aliphatic heterocycles. The van der Waals surface area contributed by atoms with Crippen LogP contribution in [0.25, 0.3) is 0 Å². The number of amides is 1. The van der Waals surface area contributed by atoms with Crippen molar-refractivity contribution in [2.45, 2.75) is 6.61 Å². The van der Waals surface area contributed by atoms with Gasteiger partial charge in [0.25, 0.3) is 5.91 Å². The quantitative estimate of drug-likeness (QED) is 0.474. The molecular formula is C23H19N3O3. The van der Waals surface area contributed by atoms with Gasteiger partial charge in [-0.2, -0.15) is 10.4 Å². The van der Waals surface area contributed by atoms with Crippen molar-refractivity contribution < 1.29 is 14.3 Å². The lowest BCUT2D eigenvalue weighted by Gasteiger charge is -2.07. The second-order valence-electron chi connectivity index (χ2n) is 6.03. The highest BCUT2D eigenvalue weighted by Gasteiger charge is 2.05. The lowest BCUT2D eigenvalue weighted by atomic mass is 10.2. The summed E-state index contributed by atoms with van der Waals surface area (Å²) in [6.45, 7) is 0.265. The minimum Gasteiger partial charge on any atom is -0.489 e. The number of hydrazone groups is 1. The van der Waals surface area contributed by atoms with E-state index in [1.807, 2.05) is 60.7 Å². The van der Waals surface area contributed by atoms with E-state index < -0.39 is 5.91 Å². The fourth-order valence-electron chi connectivity index (χ4n) is 2.43. The standard InChI is InChI=1S/C23H19N3O3/c24-14-20-8-4-5-9-22(20)29-17-23(27)26-25-15-18-10-12-21(13-11-18)28-16-19-6-2-1-3-7-19/h1-13,15H,16-17H2,(H,26,27)/b25-15-. The monoisotopic (exact) mass is 385 g/mol. The van der Waals surface area contributed by atoms with Crippen molar-refractivity contribution in [3.8, 4) is 17.6 Å². The SMILES string of the molecule is N#Cc1ccccc1OCC(=O)N/N=C\c1ccc(OCc2ccccc2)cc1. The van der Waals surface area contributed by atoms with Crippen molar-refractivity contribution in [3.05, 3.63) is 95.6 Å². The molecule has 0 bridgehead atoms. The van der Waals surface area contributed by atoms with Crippen molar-refractivity contribution in [2.24, 2.45) is 5.10 Å². The van der Waals surface area contributed by atoms with E-state index in [0.29, 0.717) is 17.9 Å². The average molecular weight is 385 g/mol. The van der Waals surface area contributed by atoms with E-state index >= 15 is 0 Å². The van der Waals surface area contributed by atoms with Gasteiger partial charge in [-0.1, -0.05) is 42.5 Å². The molecule has 0 aliphatic rings. The topological polar surface area (TPSA) is 83.7 Å². The molecule has 29 heavy (non-hydrogen) atoms. The number of hydrogen-bond acceptors (Lipinski definition) is 5. The third-order valence-electron chi connectivity index (χ3n) is 3.90. The predicted molar refractivity (Wildman–Crippen MR) is 110 cm³/mol. The molecule has 0 aliphatic carbocycles. The van der Waals surface area contributed by atoms with Gasteiger partial charge in [0.2, 0.25) is 0 Å². The number of benzene rings is 3. The summed E-state index contributed by atoms with van der Waals surface area (Å²) < 4.78 is 11.1. The Morgan fingerprint density at radius 2 is 1.69 bits per heavy atom. The zero-order valence-electron chi connectivity index (χ0n) is 15.6. The molecule has 0 aromatic heterocycles. The van der Waals surface area contributed by atoms with Crippen molar-refractivity contribution >= 4 is 12.1 Å². The lowest BCUT2D eigenvalue weighted by molar-refractivity contribution is -0.123. The first kappa shape index (κ1) is 19.6. The van der Waals surface area contributed by atoms with Gasteiger partial charge < -0.3 is 9.47 Å². The second-order valence-corrected chi connectivity index (χ2v) is 6.03. The van der Waals surface area contributed by atoms with Gasteiger partial charge in [0.05, 0.1) is 11.8 Å². The van der Waals surface area contributed by atoms with E-state index in [4.69, 9.17) is 14.7 Å². The van der Waals surface area contributed by atoms with Gasteiger partial charge in [0.1, 0.15) is 24.2 Å². The minimum atomic E-state index is -0.420. The van der Waals surface area contributed by atoms with Crippen LogP contribution in [0, 0.1) is 11.3 Å². The summed E-state index contributed by atoms with van der Waals surface area (Å²) in [6, 6.07) is 26.0. The Kier molecular flexibility index (Phi) is 6.97. The highest BCUT2D eigenvalue weighted by Crippen LogP contribution is 2.16. The van der Waals surface area contributed by atoms with Crippen LogP contribution in [0.3, 0.4) is 0 Å². The van der Waals surface area contributed by atoms with Crippen LogP contribution in [-0.4, -0.2) is 18.7 Å². The zero-order chi connectivity index (χ0) is 20.3. The van der Waals surface area contributed by atoms with Gasteiger partial charge >= 0.3 is 0 Å². The van der Waals surface area contributed by atoms with Crippen molar-refractivity contribution in [1.29, 1.82) is 5.26 Å². The number of carbonyl (C=O) groups excluding carboxylic acids is 1. The summed E-state index contributed by atoms with van der Waals surface area (Å²) in [6.07, 6.45) is 1.53. The van der Waals surface area contributed by atoms with Crippen molar-refractivity contribution in [3.63, 3.8) is 0 Å². The van der Waals surface area contributed by atoms with Crippen LogP contribution in [0.5, 0.6) is 11.5 Å². The van der Waals surface area contributed by atoms with Crippen molar-refractivity contribution in [2.75, 3.05) is 6.61 Å². The number of carbonyl (C=O) groups is 1. The molecular weight excluding hydrogens is 366 g/mol. The molecule has 6 heteroatoms. The molecule has 3 rings (SSSR count). The average Bonchev–Trinajstić information content (AvgIpc) is 2.78. The maximum Gasteiger partial charge on any atom is 0.277 e. The number of hydrogen-bond donors (Lipinski definition) is 1. The Morgan fingerprint density at radius 1 is 0.966 bits per heavy atom. The first-order valence-corrected chi connectivity index (χ1v) is 8.95. The molecule has 0 fully saturated rings. The van der Waals surface area contributed by atoms with Crippen LogP contribution in [-0.2, 0) is 11.4 Å². The van der Waals surface area contributed by atoms with Crippen LogP contribution in [0.4, 0.5) is 0 Å².